The van der Waals surface area contributed by atoms with E-state index in [9.17, 15) is 13.2 Å². The summed E-state index contributed by atoms with van der Waals surface area (Å²) in [6.07, 6.45) is 1.42. The Bertz CT molecular complexity index is 854. The fourth-order valence-corrected chi connectivity index (χ4v) is 5.84. The molecule has 7 nitrogen and oxygen atoms in total. The maximum Gasteiger partial charge on any atom is 0.274 e. The zero-order valence-corrected chi connectivity index (χ0v) is 16.1. The van der Waals surface area contributed by atoms with Crippen LogP contribution >= 0.6 is 11.3 Å². The normalized spacial score (nSPS) is 21.8. The van der Waals surface area contributed by atoms with E-state index < -0.39 is 9.84 Å². The molecular formula is C17H22N4O3S2. The number of H-pyrrole nitrogens is 1. The second-order valence-electron chi connectivity index (χ2n) is 6.86. The average molecular weight is 395 g/mol. The molecule has 0 aliphatic carbocycles. The zero-order valence-electron chi connectivity index (χ0n) is 14.4. The van der Waals surface area contributed by atoms with Crippen molar-refractivity contribution in [3.8, 4) is 10.6 Å². The van der Waals surface area contributed by atoms with Crippen LogP contribution in [0, 0.1) is 0 Å². The van der Waals surface area contributed by atoms with Crippen molar-refractivity contribution in [1.29, 1.82) is 0 Å². The van der Waals surface area contributed by atoms with Crippen LogP contribution in [-0.4, -0.2) is 78.0 Å². The number of nitrogens with one attached hydrogen (secondary N) is 1. The Balaban J connectivity index is 1.34. The smallest absolute Gasteiger partial charge is 0.274 e. The minimum Gasteiger partial charge on any atom is -0.335 e. The van der Waals surface area contributed by atoms with Crippen LogP contribution < -0.4 is 0 Å². The van der Waals surface area contributed by atoms with E-state index in [1.54, 1.807) is 11.3 Å². The highest BCUT2D eigenvalue weighted by molar-refractivity contribution is 7.91. The third-order valence-electron chi connectivity index (χ3n) is 5.23. The number of nitrogens with zero attached hydrogens (tertiary/aromatic N) is 3. The summed E-state index contributed by atoms with van der Waals surface area (Å²) in [6, 6.07) is 6.10. The standard InChI is InChI=1S/C17H22N4O3S2/c22-17(15-12-14(18-19-15)16-2-1-9-25-16)21-7-5-20(6-8-21)13-3-10-26(23,24)11-4-13/h1-2,9,12-13H,3-8,10-11H2,(H,18,19). The maximum atomic E-state index is 12.7. The molecule has 9 heteroatoms. The van der Waals surface area contributed by atoms with Gasteiger partial charge in [-0.05, 0) is 30.4 Å². The number of rotatable bonds is 3. The number of amides is 1. The molecule has 0 spiro atoms. The fraction of sp³-hybridized carbons (Fsp3) is 0.529. The van der Waals surface area contributed by atoms with E-state index in [2.05, 4.69) is 15.1 Å². The average Bonchev–Trinajstić information content (AvgIpc) is 3.33. The topological polar surface area (TPSA) is 86.4 Å². The first-order valence-electron chi connectivity index (χ1n) is 8.85. The number of carbonyl (C=O) groups is 1. The molecule has 1 N–H and O–H groups in total. The van der Waals surface area contributed by atoms with Crippen molar-refractivity contribution < 1.29 is 13.2 Å². The molecule has 0 aromatic carbocycles. The molecular weight excluding hydrogens is 372 g/mol. The number of aromatic amines is 1. The molecule has 0 unspecified atom stereocenters. The molecule has 0 radical (unpaired) electrons. The highest BCUT2D eigenvalue weighted by Crippen LogP contribution is 2.24. The Hall–Kier alpha value is -1.71. The monoisotopic (exact) mass is 394 g/mol. The predicted octanol–water partition coefficient (Wildman–Crippen LogP) is 1.47. The van der Waals surface area contributed by atoms with Gasteiger partial charge in [-0.2, -0.15) is 5.10 Å². The van der Waals surface area contributed by atoms with Crippen molar-refractivity contribution in [2.45, 2.75) is 18.9 Å². The van der Waals surface area contributed by atoms with Crippen LogP contribution in [0.3, 0.4) is 0 Å². The third-order valence-corrected chi connectivity index (χ3v) is 7.84. The first kappa shape index (κ1) is 17.7. The van der Waals surface area contributed by atoms with Crippen molar-refractivity contribution in [2.75, 3.05) is 37.7 Å². The quantitative estimate of drug-likeness (QED) is 0.852. The van der Waals surface area contributed by atoms with Gasteiger partial charge in [0.15, 0.2) is 5.69 Å². The fourth-order valence-electron chi connectivity index (χ4n) is 3.68. The molecule has 0 atom stereocenters. The molecule has 140 valence electrons. The van der Waals surface area contributed by atoms with Crippen LogP contribution in [0.4, 0.5) is 0 Å². The lowest BCUT2D eigenvalue weighted by atomic mass is 10.1. The number of sulfone groups is 1. The largest absolute Gasteiger partial charge is 0.335 e. The zero-order chi connectivity index (χ0) is 18.1. The Morgan fingerprint density at radius 1 is 1.19 bits per heavy atom. The van der Waals surface area contributed by atoms with Crippen molar-refractivity contribution in [1.82, 2.24) is 20.0 Å². The van der Waals surface area contributed by atoms with E-state index in [1.807, 2.05) is 28.5 Å². The number of hydrogen-bond donors (Lipinski definition) is 1. The van der Waals surface area contributed by atoms with Gasteiger partial charge in [0.1, 0.15) is 9.84 Å². The highest BCUT2D eigenvalue weighted by Gasteiger charge is 2.31. The van der Waals surface area contributed by atoms with Gasteiger partial charge in [0.2, 0.25) is 0 Å². The number of aromatic nitrogens is 2. The van der Waals surface area contributed by atoms with E-state index in [0.29, 0.717) is 37.7 Å². The Morgan fingerprint density at radius 3 is 2.58 bits per heavy atom. The lowest BCUT2D eigenvalue weighted by molar-refractivity contribution is 0.0552. The summed E-state index contributed by atoms with van der Waals surface area (Å²) in [5.74, 6) is 0.528. The molecule has 26 heavy (non-hydrogen) atoms. The number of piperazine rings is 1. The van der Waals surface area contributed by atoms with Crippen LogP contribution in [0.15, 0.2) is 23.6 Å². The van der Waals surface area contributed by atoms with Gasteiger partial charge in [-0.15, -0.1) is 11.3 Å². The number of hydrogen-bond acceptors (Lipinski definition) is 6. The molecule has 2 saturated heterocycles. The Labute approximate surface area is 156 Å². The van der Waals surface area contributed by atoms with Gasteiger partial charge in [-0.3, -0.25) is 14.8 Å². The lowest BCUT2D eigenvalue weighted by Crippen LogP contribution is -2.53. The number of carbonyl (C=O) groups excluding carboxylic acids is 1. The van der Waals surface area contributed by atoms with Crippen LogP contribution in [0.5, 0.6) is 0 Å². The summed E-state index contributed by atoms with van der Waals surface area (Å²) in [5.41, 5.74) is 1.32. The van der Waals surface area contributed by atoms with Gasteiger partial charge in [-0.1, -0.05) is 6.07 Å². The van der Waals surface area contributed by atoms with Crippen LogP contribution in [-0.2, 0) is 9.84 Å². The second-order valence-corrected chi connectivity index (χ2v) is 10.1. The molecule has 4 heterocycles. The second kappa shape index (κ2) is 7.13. The van der Waals surface area contributed by atoms with Gasteiger partial charge in [0, 0.05) is 32.2 Å². The first-order chi connectivity index (χ1) is 12.5. The summed E-state index contributed by atoms with van der Waals surface area (Å²) in [7, 11) is -2.83. The highest BCUT2D eigenvalue weighted by atomic mass is 32.2. The van der Waals surface area contributed by atoms with E-state index in [-0.39, 0.29) is 17.4 Å². The number of thiophene rings is 1. The van der Waals surface area contributed by atoms with E-state index in [0.717, 1.165) is 23.7 Å². The van der Waals surface area contributed by atoms with E-state index in [1.165, 1.54) is 0 Å². The Kier molecular flexibility index (Phi) is 4.85. The van der Waals surface area contributed by atoms with Crippen LogP contribution in [0.2, 0.25) is 0 Å². The van der Waals surface area contributed by atoms with Gasteiger partial charge < -0.3 is 4.90 Å². The van der Waals surface area contributed by atoms with Gasteiger partial charge in [0.25, 0.3) is 5.91 Å². The molecule has 0 bridgehead atoms. The molecule has 2 aliphatic heterocycles. The van der Waals surface area contributed by atoms with Crippen LogP contribution in [0.1, 0.15) is 23.3 Å². The minimum absolute atomic E-state index is 0.0464. The van der Waals surface area contributed by atoms with E-state index in [4.69, 9.17) is 0 Å². The lowest BCUT2D eigenvalue weighted by Gasteiger charge is -2.40. The molecule has 2 aromatic heterocycles. The van der Waals surface area contributed by atoms with Crippen molar-refractivity contribution in [3.63, 3.8) is 0 Å². The van der Waals surface area contributed by atoms with Gasteiger partial charge >= 0.3 is 0 Å². The molecule has 4 rings (SSSR count). The summed E-state index contributed by atoms with van der Waals surface area (Å²) in [4.78, 5) is 17.9. The van der Waals surface area contributed by atoms with Crippen molar-refractivity contribution >= 4 is 27.1 Å². The van der Waals surface area contributed by atoms with E-state index >= 15 is 0 Å². The molecule has 2 fully saturated rings. The SMILES string of the molecule is O=C(c1cc(-c2cccs2)[nH]n1)N1CCN(C2CCS(=O)(=O)CC2)CC1. The molecule has 2 aromatic rings. The minimum atomic E-state index is -2.83. The summed E-state index contributed by atoms with van der Waals surface area (Å²) in [6.45, 7) is 2.89. The van der Waals surface area contributed by atoms with Crippen molar-refractivity contribution in [3.05, 3.63) is 29.3 Å². The Morgan fingerprint density at radius 2 is 1.92 bits per heavy atom. The summed E-state index contributed by atoms with van der Waals surface area (Å²) in [5, 5.41) is 9.12. The van der Waals surface area contributed by atoms with Crippen molar-refractivity contribution in [2.24, 2.45) is 0 Å². The molecule has 1 amide bonds. The van der Waals surface area contributed by atoms with Crippen LogP contribution in [0.25, 0.3) is 10.6 Å². The van der Waals surface area contributed by atoms with Gasteiger partial charge in [-0.25, -0.2) is 8.42 Å². The third kappa shape index (κ3) is 3.70. The first-order valence-corrected chi connectivity index (χ1v) is 11.5. The predicted molar refractivity (Wildman–Crippen MR) is 101 cm³/mol. The summed E-state index contributed by atoms with van der Waals surface area (Å²) >= 11 is 1.61. The maximum absolute atomic E-state index is 12.7. The summed E-state index contributed by atoms with van der Waals surface area (Å²) < 4.78 is 23.2. The molecule has 2 aliphatic rings. The van der Waals surface area contributed by atoms with Gasteiger partial charge in [0.05, 0.1) is 22.1 Å². The molecule has 0 saturated carbocycles.